The summed E-state index contributed by atoms with van der Waals surface area (Å²) in [6.07, 6.45) is 1.20. The van der Waals surface area contributed by atoms with Crippen molar-refractivity contribution in [3.63, 3.8) is 0 Å². The van der Waals surface area contributed by atoms with E-state index in [0.29, 0.717) is 30.1 Å². The molecule has 0 radical (unpaired) electrons. The molecule has 0 spiro atoms. The lowest BCUT2D eigenvalue weighted by Crippen LogP contribution is -2.43. The van der Waals surface area contributed by atoms with Crippen LogP contribution in [-0.2, 0) is 28.4 Å². The molecule has 1 aliphatic rings. The molecule has 1 saturated heterocycles. The lowest BCUT2D eigenvalue weighted by atomic mass is 9.86. The molecule has 3 rings (SSSR count). The molecule has 1 aliphatic heterocycles. The largest absolute Gasteiger partial charge is 0.379 e. The van der Waals surface area contributed by atoms with Crippen LogP contribution in [0.5, 0.6) is 0 Å². The Kier molecular flexibility index (Phi) is 9.55. The van der Waals surface area contributed by atoms with Gasteiger partial charge in [-0.1, -0.05) is 63.7 Å². The summed E-state index contributed by atoms with van der Waals surface area (Å²) >= 11 is 1.36. The predicted octanol–water partition coefficient (Wildman–Crippen LogP) is 3.30. The monoisotopic (exact) mass is 500 g/mol. The molecular weight excluding hydrogens is 460 g/mol. The molecule has 1 aromatic heterocycles. The van der Waals surface area contributed by atoms with Crippen LogP contribution in [0.25, 0.3) is 0 Å². The van der Waals surface area contributed by atoms with E-state index in [1.165, 1.54) is 17.3 Å². The zero-order valence-electron chi connectivity index (χ0n) is 22.0. The van der Waals surface area contributed by atoms with Crippen LogP contribution >= 0.6 is 11.8 Å². The number of nitrogens with zero attached hydrogens (tertiary/aromatic N) is 3. The van der Waals surface area contributed by atoms with E-state index in [1.807, 2.05) is 13.8 Å². The van der Waals surface area contributed by atoms with E-state index in [1.54, 1.807) is 11.6 Å². The van der Waals surface area contributed by atoms with Gasteiger partial charge in [-0.15, -0.1) is 0 Å². The zero-order chi connectivity index (χ0) is 25.6. The molecule has 2 aromatic rings. The summed E-state index contributed by atoms with van der Waals surface area (Å²) in [4.78, 5) is 33.1. The van der Waals surface area contributed by atoms with E-state index in [2.05, 4.69) is 55.3 Å². The third kappa shape index (κ3) is 7.41. The molecule has 192 valence electrons. The first-order valence-electron chi connectivity index (χ1n) is 12.5. The minimum Gasteiger partial charge on any atom is -0.379 e. The number of nitrogens with one attached hydrogen (secondary N) is 1. The Labute approximate surface area is 213 Å². The topological polar surface area (TPSA) is 76.5 Å². The highest BCUT2D eigenvalue weighted by molar-refractivity contribution is 8.00. The summed E-state index contributed by atoms with van der Waals surface area (Å²) in [6.45, 7) is 15.2. The number of hydrogen-bond acceptors (Lipinski definition) is 6. The third-order valence-electron chi connectivity index (χ3n) is 6.49. The number of amides is 1. The summed E-state index contributed by atoms with van der Waals surface area (Å²) in [5.74, 6) is -0.0133. The summed E-state index contributed by atoms with van der Waals surface area (Å²) < 4.78 is 6.95. The Bertz CT molecular complexity index is 1050. The zero-order valence-corrected chi connectivity index (χ0v) is 22.8. The van der Waals surface area contributed by atoms with E-state index >= 15 is 0 Å². The van der Waals surface area contributed by atoms with Gasteiger partial charge in [-0.2, -0.15) is 0 Å². The molecule has 1 unspecified atom stereocenters. The molecule has 1 amide bonds. The average Bonchev–Trinajstić information content (AvgIpc) is 2.83. The molecular formula is C27H40N4O3S. The van der Waals surface area contributed by atoms with Gasteiger partial charge in [0.15, 0.2) is 5.16 Å². The molecule has 1 N–H and O–H groups in total. The van der Waals surface area contributed by atoms with Crippen molar-refractivity contribution in [2.75, 3.05) is 39.4 Å². The minimum atomic E-state index is -0.298. The van der Waals surface area contributed by atoms with E-state index in [9.17, 15) is 9.59 Å². The molecule has 1 aromatic carbocycles. The fraction of sp³-hybridized carbons (Fsp3) is 0.593. The van der Waals surface area contributed by atoms with Gasteiger partial charge in [0.2, 0.25) is 5.91 Å². The number of morpholine rings is 1. The Hall–Kier alpha value is -2.16. The Balaban J connectivity index is 1.66. The van der Waals surface area contributed by atoms with Gasteiger partial charge in [0.25, 0.3) is 5.56 Å². The maximum Gasteiger partial charge on any atom is 0.257 e. The van der Waals surface area contributed by atoms with Gasteiger partial charge < -0.3 is 10.1 Å². The molecule has 0 aliphatic carbocycles. The normalized spacial score (nSPS) is 15.7. The molecule has 1 fully saturated rings. The van der Waals surface area contributed by atoms with Gasteiger partial charge in [-0.3, -0.25) is 19.1 Å². The van der Waals surface area contributed by atoms with Crippen molar-refractivity contribution < 1.29 is 9.53 Å². The smallest absolute Gasteiger partial charge is 0.257 e. The number of carbonyl (C=O) groups is 1. The first kappa shape index (κ1) is 27.4. The minimum absolute atomic E-state index is 0.0133. The molecule has 35 heavy (non-hydrogen) atoms. The van der Waals surface area contributed by atoms with Gasteiger partial charge >= 0.3 is 0 Å². The van der Waals surface area contributed by atoms with Gasteiger partial charge in [0.05, 0.1) is 18.5 Å². The highest BCUT2D eigenvalue weighted by atomic mass is 32.2. The molecule has 0 saturated carbocycles. The van der Waals surface area contributed by atoms with Crippen LogP contribution in [0.2, 0.25) is 0 Å². The highest BCUT2D eigenvalue weighted by Crippen LogP contribution is 2.25. The Morgan fingerprint density at radius 3 is 2.46 bits per heavy atom. The van der Waals surface area contributed by atoms with Gasteiger partial charge in [0, 0.05) is 50.9 Å². The number of rotatable bonds is 9. The second-order valence-corrected chi connectivity index (χ2v) is 11.4. The number of thioether (sulfide) groups is 1. The summed E-state index contributed by atoms with van der Waals surface area (Å²) in [6, 6.07) is 8.46. The second kappa shape index (κ2) is 12.2. The van der Waals surface area contributed by atoms with Crippen LogP contribution in [0.3, 0.4) is 0 Å². The van der Waals surface area contributed by atoms with E-state index in [0.717, 1.165) is 44.1 Å². The summed E-state index contributed by atoms with van der Waals surface area (Å²) in [7, 11) is 1.74. The average molecular weight is 501 g/mol. The van der Waals surface area contributed by atoms with Crippen LogP contribution < -0.4 is 10.9 Å². The third-order valence-corrected chi connectivity index (χ3v) is 7.90. The number of hydrogen-bond donors (Lipinski definition) is 1. The first-order chi connectivity index (χ1) is 16.6. The predicted molar refractivity (Wildman–Crippen MR) is 142 cm³/mol. The first-order valence-corrected chi connectivity index (χ1v) is 13.4. The molecule has 2 heterocycles. The quantitative estimate of drug-likeness (QED) is 0.421. The maximum absolute atomic E-state index is 13.2. The van der Waals surface area contributed by atoms with Crippen molar-refractivity contribution in [1.29, 1.82) is 0 Å². The second-order valence-electron chi connectivity index (χ2n) is 10.2. The summed E-state index contributed by atoms with van der Waals surface area (Å²) in [5, 5.41) is 3.33. The van der Waals surface area contributed by atoms with Gasteiger partial charge in [-0.05, 0) is 29.9 Å². The fourth-order valence-electron chi connectivity index (χ4n) is 4.09. The molecule has 0 bridgehead atoms. The number of aromatic nitrogens is 2. The van der Waals surface area contributed by atoms with Crippen LogP contribution in [0.1, 0.15) is 56.5 Å². The van der Waals surface area contributed by atoms with E-state index in [-0.39, 0.29) is 22.1 Å². The van der Waals surface area contributed by atoms with Crippen LogP contribution in [-0.4, -0.2) is 65.0 Å². The van der Waals surface area contributed by atoms with Crippen molar-refractivity contribution in [3.8, 4) is 0 Å². The van der Waals surface area contributed by atoms with E-state index in [4.69, 9.17) is 9.72 Å². The van der Waals surface area contributed by atoms with Crippen molar-refractivity contribution in [1.82, 2.24) is 19.8 Å². The number of aryl methyl sites for hydroxylation is 1. The number of benzene rings is 1. The Morgan fingerprint density at radius 1 is 1.20 bits per heavy atom. The maximum atomic E-state index is 13.2. The highest BCUT2D eigenvalue weighted by Gasteiger charge is 2.22. The molecule has 7 nitrogen and oxygen atoms in total. The van der Waals surface area contributed by atoms with Gasteiger partial charge in [-0.25, -0.2) is 4.98 Å². The van der Waals surface area contributed by atoms with Crippen molar-refractivity contribution in [2.45, 2.75) is 63.3 Å². The van der Waals surface area contributed by atoms with Crippen LogP contribution in [0.4, 0.5) is 0 Å². The van der Waals surface area contributed by atoms with Crippen LogP contribution in [0.15, 0.2) is 34.2 Å². The lowest BCUT2D eigenvalue weighted by Gasteiger charge is -2.26. The molecule has 1 atom stereocenters. The SMILES string of the molecule is CCC(Sc1nc(C)c(Cc2ccc(C(C)(C)C)cc2)c(=O)n1C)C(=O)NCCN1CCOCC1. The van der Waals surface area contributed by atoms with E-state index < -0.39 is 0 Å². The Morgan fingerprint density at radius 2 is 1.86 bits per heavy atom. The van der Waals surface area contributed by atoms with Crippen LogP contribution in [0, 0.1) is 6.92 Å². The lowest BCUT2D eigenvalue weighted by molar-refractivity contribution is -0.120. The van der Waals surface area contributed by atoms with Crippen molar-refractivity contribution >= 4 is 17.7 Å². The number of carbonyl (C=O) groups excluding carboxylic acids is 1. The summed E-state index contributed by atoms with van der Waals surface area (Å²) in [5.41, 5.74) is 3.82. The van der Waals surface area contributed by atoms with Gasteiger partial charge in [0.1, 0.15) is 0 Å². The number of ether oxygens (including phenoxy) is 1. The van der Waals surface area contributed by atoms with Crippen molar-refractivity contribution in [2.24, 2.45) is 7.05 Å². The fourth-order valence-corrected chi connectivity index (χ4v) is 5.13. The standard InChI is InChI=1S/C27H40N4O3S/c1-7-23(24(32)28-12-13-31-14-16-34-17-15-31)35-26-29-19(2)22(25(33)30(26)6)18-20-8-10-21(11-9-20)27(3,4)5/h8-11,23H,7,12-18H2,1-6H3,(H,28,32). The van der Waals surface area contributed by atoms with Crippen molar-refractivity contribution in [3.05, 3.63) is 57.0 Å². The molecule has 8 heteroatoms.